The second-order valence-electron chi connectivity index (χ2n) is 8.44. The Hall–Kier alpha value is -3.28. The topological polar surface area (TPSA) is 33.4 Å². The van der Waals surface area contributed by atoms with Gasteiger partial charge in [0.1, 0.15) is 0 Å². The summed E-state index contributed by atoms with van der Waals surface area (Å²) in [6, 6.07) is 26.8. The average molecular weight is 502 g/mol. The van der Waals surface area contributed by atoms with E-state index in [1.54, 1.807) is 6.92 Å². The van der Waals surface area contributed by atoms with Crippen LogP contribution in [0.3, 0.4) is 0 Å². The minimum Gasteiger partial charge on any atom is -0.439 e. The van der Waals surface area contributed by atoms with E-state index < -0.39 is 0 Å². The van der Waals surface area contributed by atoms with Crippen LogP contribution in [0.2, 0.25) is 5.02 Å². The molecule has 0 saturated heterocycles. The minimum absolute atomic E-state index is 0.144. The molecule has 0 amide bonds. The lowest BCUT2D eigenvalue weighted by molar-refractivity contribution is -0.662. The molecular formula is C29H26ClN2O2S+. The van der Waals surface area contributed by atoms with E-state index in [2.05, 4.69) is 76.3 Å². The van der Waals surface area contributed by atoms with Crippen molar-refractivity contribution in [3.8, 4) is 5.75 Å². The lowest BCUT2D eigenvalue weighted by Crippen LogP contribution is -2.34. The van der Waals surface area contributed by atoms with Gasteiger partial charge in [0, 0.05) is 54.1 Å². The van der Waals surface area contributed by atoms with Gasteiger partial charge in [0.25, 0.3) is 0 Å². The first kappa shape index (κ1) is 23.5. The molecule has 4 nitrogen and oxygen atoms in total. The first-order chi connectivity index (χ1) is 17.1. The molecule has 0 N–H and O–H groups in total. The summed E-state index contributed by atoms with van der Waals surface area (Å²) < 4.78 is 8.55. The fourth-order valence-corrected chi connectivity index (χ4v) is 5.06. The summed E-state index contributed by atoms with van der Waals surface area (Å²) in [7, 11) is 0. The summed E-state index contributed by atoms with van der Waals surface area (Å²) >= 11 is 7.60. The Kier molecular flexibility index (Phi) is 7.07. The third-order valence-corrected chi connectivity index (χ3v) is 7.09. The van der Waals surface area contributed by atoms with Gasteiger partial charge in [0.2, 0.25) is 11.4 Å². The molecule has 4 aromatic rings. The summed E-state index contributed by atoms with van der Waals surface area (Å²) in [5, 5.41) is 1.94. The van der Waals surface area contributed by atoms with Crippen LogP contribution in [0.1, 0.15) is 24.5 Å². The van der Waals surface area contributed by atoms with Crippen molar-refractivity contribution < 1.29 is 14.1 Å². The molecule has 35 heavy (non-hydrogen) atoms. The Morgan fingerprint density at radius 2 is 1.86 bits per heavy atom. The van der Waals surface area contributed by atoms with Gasteiger partial charge in [0.15, 0.2) is 23.6 Å². The Morgan fingerprint density at radius 1 is 1.06 bits per heavy atom. The second-order valence-corrected chi connectivity index (χ2v) is 10.2. The lowest BCUT2D eigenvalue weighted by Gasteiger charge is -2.18. The molecule has 1 aliphatic rings. The molecule has 3 aromatic carbocycles. The standard InChI is InChI=1S/C29H26ClN2O2S/c1-21(33)35-17-7-15-32-27-13-12-24(30)19-28(27)34-29(32)18-23-14-16-31(20-22-8-3-2-4-9-22)26-11-6-5-10-25(23)26/h2-6,8-14,16,18-19H,7,15,17,20H2,1H3/q+1. The number of benzene rings is 3. The fraction of sp³-hybridized carbons (Fsp3) is 0.172. The van der Waals surface area contributed by atoms with Gasteiger partial charge in [-0.1, -0.05) is 65.8 Å². The smallest absolute Gasteiger partial charge is 0.213 e. The van der Waals surface area contributed by atoms with Crippen LogP contribution in [0.15, 0.2) is 90.9 Å². The van der Waals surface area contributed by atoms with Crippen LogP contribution < -0.4 is 14.2 Å². The van der Waals surface area contributed by atoms with Gasteiger partial charge in [-0.2, -0.15) is 4.57 Å². The highest BCUT2D eigenvalue weighted by Gasteiger charge is 2.27. The molecule has 2 heterocycles. The first-order valence-corrected chi connectivity index (χ1v) is 13.0. The molecule has 0 saturated carbocycles. The third-order valence-electron chi connectivity index (χ3n) is 5.96. The number of rotatable bonds is 7. The maximum Gasteiger partial charge on any atom is 0.213 e. The van der Waals surface area contributed by atoms with Gasteiger partial charge < -0.3 is 9.64 Å². The van der Waals surface area contributed by atoms with Crippen molar-refractivity contribution in [3.63, 3.8) is 0 Å². The molecule has 0 fully saturated rings. The first-order valence-electron chi connectivity index (χ1n) is 11.6. The predicted octanol–water partition coefficient (Wildman–Crippen LogP) is 6.70. The van der Waals surface area contributed by atoms with Crippen LogP contribution in [0.25, 0.3) is 17.0 Å². The predicted molar refractivity (Wildman–Crippen MR) is 145 cm³/mol. The van der Waals surface area contributed by atoms with Gasteiger partial charge in [-0.25, -0.2) is 0 Å². The second kappa shape index (κ2) is 10.5. The molecule has 5 rings (SSSR count). The number of carbonyl (C=O) groups is 1. The maximum atomic E-state index is 11.3. The largest absolute Gasteiger partial charge is 0.439 e. The number of carbonyl (C=O) groups excluding carboxylic acids is 1. The van der Waals surface area contributed by atoms with E-state index in [-0.39, 0.29) is 5.12 Å². The maximum absolute atomic E-state index is 11.3. The number of pyridine rings is 1. The van der Waals surface area contributed by atoms with Gasteiger partial charge in [-0.15, -0.1) is 0 Å². The van der Waals surface area contributed by atoms with Crippen LogP contribution in [-0.2, 0) is 11.3 Å². The Balaban J connectivity index is 1.49. The van der Waals surface area contributed by atoms with Crippen molar-refractivity contribution in [2.24, 2.45) is 0 Å². The van der Waals surface area contributed by atoms with Crippen molar-refractivity contribution >= 4 is 51.1 Å². The zero-order valence-corrected chi connectivity index (χ0v) is 21.1. The Labute approximate surface area is 214 Å². The summed E-state index contributed by atoms with van der Waals surface area (Å²) in [5.41, 5.74) is 4.50. The van der Waals surface area contributed by atoms with Gasteiger partial charge in [0.05, 0.1) is 11.1 Å². The number of ether oxygens (including phenoxy) is 1. The van der Waals surface area contributed by atoms with E-state index in [0.717, 1.165) is 59.0 Å². The van der Waals surface area contributed by atoms with E-state index in [0.29, 0.717) is 5.02 Å². The summed E-state index contributed by atoms with van der Waals surface area (Å²) in [4.78, 5) is 13.5. The van der Waals surface area contributed by atoms with E-state index in [1.165, 1.54) is 17.3 Å². The van der Waals surface area contributed by atoms with Crippen LogP contribution in [0.4, 0.5) is 5.69 Å². The number of aromatic nitrogens is 1. The number of hydrogen-bond acceptors (Lipinski definition) is 4. The molecule has 0 radical (unpaired) electrons. The summed E-state index contributed by atoms with van der Waals surface area (Å²) in [5.74, 6) is 2.29. The molecular weight excluding hydrogens is 476 g/mol. The normalized spacial score (nSPS) is 13.8. The zero-order valence-electron chi connectivity index (χ0n) is 19.5. The number of thioether (sulfide) groups is 1. The average Bonchev–Trinajstić information content (AvgIpc) is 3.19. The van der Waals surface area contributed by atoms with Gasteiger partial charge in [-0.3, -0.25) is 4.79 Å². The highest BCUT2D eigenvalue weighted by Crippen LogP contribution is 2.41. The van der Waals surface area contributed by atoms with Crippen LogP contribution in [-0.4, -0.2) is 17.4 Å². The molecule has 1 aliphatic heterocycles. The number of fused-ring (bicyclic) bond motifs is 2. The van der Waals surface area contributed by atoms with Gasteiger partial charge >= 0.3 is 0 Å². The fourth-order valence-electron chi connectivity index (χ4n) is 4.34. The van der Waals surface area contributed by atoms with Crippen LogP contribution in [0, 0.1) is 0 Å². The highest BCUT2D eigenvalue weighted by molar-refractivity contribution is 8.13. The molecule has 176 valence electrons. The molecule has 1 aromatic heterocycles. The van der Waals surface area contributed by atoms with Crippen LogP contribution in [0.5, 0.6) is 5.75 Å². The zero-order chi connectivity index (χ0) is 24.2. The Bertz CT molecular complexity index is 1400. The third kappa shape index (κ3) is 5.37. The molecule has 0 unspecified atom stereocenters. The van der Waals surface area contributed by atoms with Crippen molar-refractivity contribution in [2.75, 3.05) is 17.2 Å². The Morgan fingerprint density at radius 3 is 2.69 bits per heavy atom. The molecule has 0 atom stereocenters. The SMILES string of the molecule is CC(=O)SCCCN1/C(=C/c2cc[n+](Cc3ccccc3)c3ccccc23)Oc2cc(Cl)ccc21. The van der Waals surface area contributed by atoms with Crippen molar-refractivity contribution in [1.29, 1.82) is 0 Å². The quantitative estimate of drug-likeness (QED) is 0.208. The number of nitrogens with zero attached hydrogens (tertiary/aromatic N) is 2. The molecule has 6 heteroatoms. The molecule has 0 aliphatic carbocycles. The number of hydrogen-bond donors (Lipinski definition) is 0. The van der Waals surface area contributed by atoms with Crippen LogP contribution >= 0.6 is 23.4 Å². The highest BCUT2D eigenvalue weighted by atomic mass is 35.5. The van der Waals surface area contributed by atoms with Crippen molar-refractivity contribution in [1.82, 2.24) is 0 Å². The number of anilines is 1. The van der Waals surface area contributed by atoms with Gasteiger partial charge in [-0.05, 0) is 30.2 Å². The number of halogens is 1. The lowest BCUT2D eigenvalue weighted by atomic mass is 10.1. The molecule has 0 bridgehead atoms. The summed E-state index contributed by atoms with van der Waals surface area (Å²) in [6.45, 7) is 3.16. The number of para-hydroxylation sites is 1. The summed E-state index contributed by atoms with van der Waals surface area (Å²) in [6.07, 6.45) is 5.09. The monoisotopic (exact) mass is 501 g/mol. The van der Waals surface area contributed by atoms with Crippen molar-refractivity contribution in [3.05, 3.63) is 107 Å². The minimum atomic E-state index is 0.144. The van der Waals surface area contributed by atoms with E-state index >= 15 is 0 Å². The van der Waals surface area contributed by atoms with E-state index in [4.69, 9.17) is 16.3 Å². The molecule has 0 spiro atoms. The van der Waals surface area contributed by atoms with E-state index in [1.807, 2.05) is 24.3 Å². The van der Waals surface area contributed by atoms with Crippen molar-refractivity contribution in [2.45, 2.75) is 19.9 Å². The van der Waals surface area contributed by atoms with E-state index in [9.17, 15) is 4.79 Å².